The van der Waals surface area contributed by atoms with Gasteiger partial charge in [0.25, 0.3) is 0 Å². The van der Waals surface area contributed by atoms with Gasteiger partial charge in [-0.3, -0.25) is 0 Å². The van der Waals surface area contributed by atoms with Crippen LogP contribution >= 0.6 is 0 Å². The average Bonchev–Trinajstić information content (AvgIpc) is 2.49. The summed E-state index contributed by atoms with van der Waals surface area (Å²) >= 11 is 0. The Morgan fingerprint density at radius 1 is 1.10 bits per heavy atom. The lowest BCUT2D eigenvalue weighted by Crippen LogP contribution is -2.05. The smallest absolute Gasteiger partial charge is 0.166 e. The molecule has 2 aromatic rings. The van der Waals surface area contributed by atoms with Gasteiger partial charge in [-0.05, 0) is 48.6 Å². The van der Waals surface area contributed by atoms with E-state index in [1.54, 1.807) is 12.1 Å². The van der Waals surface area contributed by atoms with Crippen molar-refractivity contribution >= 4 is 0 Å². The van der Waals surface area contributed by atoms with Gasteiger partial charge in [0.2, 0.25) is 0 Å². The summed E-state index contributed by atoms with van der Waals surface area (Å²) in [5, 5.41) is 0. The van der Waals surface area contributed by atoms with Crippen molar-refractivity contribution in [2.24, 2.45) is 5.73 Å². The van der Waals surface area contributed by atoms with Crippen LogP contribution in [0.4, 0.5) is 4.39 Å². The van der Waals surface area contributed by atoms with Crippen LogP contribution in [0.3, 0.4) is 0 Å². The highest BCUT2D eigenvalue weighted by Crippen LogP contribution is 2.33. The Morgan fingerprint density at radius 2 is 1.81 bits per heavy atom. The van der Waals surface area contributed by atoms with Crippen LogP contribution in [0.1, 0.15) is 50.3 Å². The van der Waals surface area contributed by atoms with Crippen molar-refractivity contribution in [3.63, 3.8) is 0 Å². The first-order chi connectivity index (χ1) is 10.0. The molecule has 0 spiro atoms. The molecule has 2 atom stereocenters. The number of benzene rings is 2. The lowest BCUT2D eigenvalue weighted by atomic mass is 9.98. The Morgan fingerprint density at radius 3 is 2.43 bits per heavy atom. The summed E-state index contributed by atoms with van der Waals surface area (Å²) in [4.78, 5) is 0. The minimum atomic E-state index is -0.385. The van der Waals surface area contributed by atoms with Crippen LogP contribution in [-0.4, -0.2) is 0 Å². The Bertz CT molecular complexity index is 610. The second-order valence-electron chi connectivity index (χ2n) is 5.43. The second kappa shape index (κ2) is 6.72. The van der Waals surface area contributed by atoms with Crippen LogP contribution < -0.4 is 10.5 Å². The third kappa shape index (κ3) is 3.61. The van der Waals surface area contributed by atoms with Crippen LogP contribution in [0.15, 0.2) is 42.5 Å². The van der Waals surface area contributed by atoms with Gasteiger partial charge in [-0.2, -0.15) is 0 Å². The molecule has 2 rings (SSSR count). The number of ether oxygens (including phenoxy) is 1. The summed E-state index contributed by atoms with van der Waals surface area (Å²) < 4.78 is 19.9. The van der Waals surface area contributed by atoms with Crippen molar-refractivity contribution in [2.75, 3.05) is 0 Å². The van der Waals surface area contributed by atoms with Gasteiger partial charge in [-0.1, -0.05) is 38.1 Å². The lowest BCUT2D eigenvalue weighted by molar-refractivity contribution is 0.433. The van der Waals surface area contributed by atoms with Gasteiger partial charge < -0.3 is 10.5 Å². The van der Waals surface area contributed by atoms with E-state index in [1.165, 1.54) is 6.07 Å². The van der Waals surface area contributed by atoms with E-state index in [4.69, 9.17) is 10.5 Å². The highest BCUT2D eigenvalue weighted by molar-refractivity contribution is 5.41. The van der Waals surface area contributed by atoms with Crippen molar-refractivity contribution in [1.82, 2.24) is 0 Å². The van der Waals surface area contributed by atoms with Crippen molar-refractivity contribution in [3.8, 4) is 11.5 Å². The molecule has 0 saturated heterocycles. The van der Waals surface area contributed by atoms with Crippen LogP contribution in [0, 0.1) is 5.82 Å². The standard InChI is InChI=1S/C18H22FNO/c1-4-12(2)15-7-5-6-8-17(15)21-18-10-9-14(13(3)20)11-16(18)19/h5-13H,4,20H2,1-3H3/t12?,13-/m1/s1. The van der Waals surface area contributed by atoms with Gasteiger partial charge >= 0.3 is 0 Å². The lowest BCUT2D eigenvalue weighted by Gasteiger charge is -2.16. The zero-order valence-electron chi connectivity index (χ0n) is 12.8. The van der Waals surface area contributed by atoms with Gasteiger partial charge in [-0.25, -0.2) is 4.39 Å². The van der Waals surface area contributed by atoms with E-state index in [2.05, 4.69) is 13.8 Å². The van der Waals surface area contributed by atoms with Crippen molar-refractivity contribution in [2.45, 2.75) is 39.2 Å². The molecule has 0 saturated carbocycles. The van der Waals surface area contributed by atoms with E-state index in [-0.39, 0.29) is 17.6 Å². The van der Waals surface area contributed by atoms with E-state index in [1.807, 2.05) is 31.2 Å². The van der Waals surface area contributed by atoms with Gasteiger partial charge in [0.1, 0.15) is 5.75 Å². The first-order valence-electron chi connectivity index (χ1n) is 7.34. The van der Waals surface area contributed by atoms with Crippen LogP contribution in [0.2, 0.25) is 0 Å². The quantitative estimate of drug-likeness (QED) is 0.825. The largest absolute Gasteiger partial charge is 0.454 e. The number of hydrogen-bond acceptors (Lipinski definition) is 2. The number of para-hydroxylation sites is 1. The van der Waals surface area contributed by atoms with Crippen LogP contribution in [0.25, 0.3) is 0 Å². The Hall–Kier alpha value is -1.87. The normalized spacial score (nSPS) is 13.8. The first kappa shape index (κ1) is 15.5. The summed E-state index contributed by atoms with van der Waals surface area (Å²) in [6.45, 7) is 6.09. The number of halogens is 1. The molecule has 1 unspecified atom stereocenters. The molecule has 2 aromatic carbocycles. The Kier molecular flexibility index (Phi) is 4.97. The van der Waals surface area contributed by atoms with Gasteiger partial charge in [-0.15, -0.1) is 0 Å². The molecular weight excluding hydrogens is 265 g/mol. The zero-order valence-corrected chi connectivity index (χ0v) is 12.8. The maximum Gasteiger partial charge on any atom is 0.166 e. The molecule has 0 aromatic heterocycles. The summed E-state index contributed by atoms with van der Waals surface area (Å²) in [6.07, 6.45) is 1.01. The van der Waals surface area contributed by atoms with E-state index in [0.29, 0.717) is 11.7 Å². The van der Waals surface area contributed by atoms with Crippen molar-refractivity contribution in [1.29, 1.82) is 0 Å². The number of rotatable bonds is 5. The molecular formula is C18H22FNO. The summed E-state index contributed by atoms with van der Waals surface area (Å²) in [5.74, 6) is 0.922. The molecule has 0 aliphatic rings. The molecule has 0 amide bonds. The van der Waals surface area contributed by atoms with Gasteiger partial charge in [0, 0.05) is 6.04 Å². The molecule has 0 bridgehead atoms. The minimum absolute atomic E-state index is 0.194. The highest BCUT2D eigenvalue weighted by atomic mass is 19.1. The topological polar surface area (TPSA) is 35.2 Å². The SMILES string of the molecule is CCC(C)c1ccccc1Oc1ccc([C@@H](C)N)cc1F. The van der Waals surface area contributed by atoms with Gasteiger partial charge in [0.05, 0.1) is 0 Å². The summed E-state index contributed by atoms with van der Waals surface area (Å²) in [7, 11) is 0. The maximum atomic E-state index is 14.1. The molecule has 3 heteroatoms. The number of hydrogen-bond donors (Lipinski definition) is 1. The Balaban J connectivity index is 2.30. The molecule has 0 heterocycles. The molecule has 0 radical (unpaired) electrons. The third-order valence-electron chi connectivity index (χ3n) is 3.76. The van der Waals surface area contributed by atoms with E-state index >= 15 is 0 Å². The Labute approximate surface area is 125 Å². The zero-order chi connectivity index (χ0) is 15.4. The fraction of sp³-hybridized carbons (Fsp3) is 0.333. The third-order valence-corrected chi connectivity index (χ3v) is 3.76. The molecule has 0 aliphatic carbocycles. The fourth-order valence-corrected chi connectivity index (χ4v) is 2.20. The van der Waals surface area contributed by atoms with Crippen molar-refractivity contribution in [3.05, 3.63) is 59.4 Å². The monoisotopic (exact) mass is 287 g/mol. The summed E-state index contributed by atoms with van der Waals surface area (Å²) in [6, 6.07) is 12.5. The maximum absolute atomic E-state index is 14.1. The fourth-order valence-electron chi connectivity index (χ4n) is 2.20. The molecule has 2 N–H and O–H groups in total. The van der Waals surface area contributed by atoms with E-state index in [9.17, 15) is 4.39 Å². The molecule has 0 aliphatic heterocycles. The average molecular weight is 287 g/mol. The molecule has 2 nitrogen and oxygen atoms in total. The minimum Gasteiger partial charge on any atom is -0.454 e. The first-order valence-corrected chi connectivity index (χ1v) is 7.34. The molecule has 21 heavy (non-hydrogen) atoms. The highest BCUT2D eigenvalue weighted by Gasteiger charge is 2.13. The van der Waals surface area contributed by atoms with E-state index in [0.717, 1.165) is 17.5 Å². The number of nitrogens with two attached hydrogens (primary N) is 1. The molecule has 0 fully saturated rings. The molecule has 112 valence electrons. The van der Waals surface area contributed by atoms with Crippen molar-refractivity contribution < 1.29 is 9.13 Å². The van der Waals surface area contributed by atoms with Crippen LogP contribution in [-0.2, 0) is 0 Å². The van der Waals surface area contributed by atoms with Crippen LogP contribution in [0.5, 0.6) is 11.5 Å². The predicted molar refractivity (Wildman–Crippen MR) is 84.2 cm³/mol. The second-order valence-corrected chi connectivity index (χ2v) is 5.43. The van der Waals surface area contributed by atoms with E-state index < -0.39 is 0 Å². The van der Waals surface area contributed by atoms with Gasteiger partial charge in [0.15, 0.2) is 11.6 Å². The summed E-state index contributed by atoms with van der Waals surface area (Å²) in [5.41, 5.74) is 7.61. The predicted octanol–water partition coefficient (Wildman–Crippen LogP) is 5.15.